The average Bonchev–Trinajstić information content (AvgIpc) is 3.25. The van der Waals surface area contributed by atoms with Gasteiger partial charge in [-0.2, -0.15) is 0 Å². The Bertz CT molecular complexity index is 1160. The smallest absolute Gasteiger partial charge is 0.226 e. The van der Waals surface area contributed by atoms with Gasteiger partial charge >= 0.3 is 0 Å². The fourth-order valence-electron chi connectivity index (χ4n) is 3.60. The number of thioether (sulfide) groups is 1. The monoisotopic (exact) mass is 472 g/mol. The van der Waals surface area contributed by atoms with Gasteiger partial charge in [-0.15, -0.1) is 23.1 Å². The van der Waals surface area contributed by atoms with Crippen LogP contribution in [0.4, 0.5) is 5.13 Å². The van der Waals surface area contributed by atoms with E-state index in [9.17, 15) is 4.79 Å². The number of carbonyl (C=O) groups is 1. The molecule has 1 aromatic heterocycles. The van der Waals surface area contributed by atoms with Crippen LogP contribution in [0.3, 0.4) is 0 Å². The Morgan fingerprint density at radius 3 is 2.21 bits per heavy atom. The quantitative estimate of drug-likeness (QED) is 0.188. The van der Waals surface area contributed by atoms with Gasteiger partial charge in [0.15, 0.2) is 5.13 Å². The van der Waals surface area contributed by atoms with Gasteiger partial charge in [0, 0.05) is 21.8 Å². The van der Waals surface area contributed by atoms with Crippen molar-refractivity contribution in [2.75, 3.05) is 11.1 Å². The number of thiazole rings is 1. The highest BCUT2D eigenvalue weighted by molar-refractivity contribution is 7.99. The number of amides is 1. The number of aryl methyl sites for hydroxylation is 1. The van der Waals surface area contributed by atoms with Crippen LogP contribution in [0.5, 0.6) is 0 Å². The number of hydrogen-bond acceptors (Lipinski definition) is 4. The van der Waals surface area contributed by atoms with Crippen molar-refractivity contribution in [1.29, 1.82) is 0 Å². The zero-order valence-corrected chi connectivity index (χ0v) is 20.4. The van der Waals surface area contributed by atoms with Crippen molar-refractivity contribution in [1.82, 2.24) is 4.98 Å². The fraction of sp³-hybridized carbons (Fsp3) is 0.214. The van der Waals surface area contributed by atoms with E-state index in [-0.39, 0.29) is 5.91 Å². The zero-order chi connectivity index (χ0) is 22.9. The SMILES string of the molecule is CCCc1sc(NC(=O)CCCSc2ccccc2)nc1-c1ccc(-c2ccccc2)cc1. The Kier molecular flexibility index (Phi) is 8.34. The lowest BCUT2D eigenvalue weighted by molar-refractivity contribution is -0.116. The first-order chi connectivity index (χ1) is 16.2. The maximum absolute atomic E-state index is 12.5. The van der Waals surface area contributed by atoms with Gasteiger partial charge in [0.2, 0.25) is 5.91 Å². The molecule has 0 atom stereocenters. The van der Waals surface area contributed by atoms with Gasteiger partial charge in [-0.3, -0.25) is 4.79 Å². The largest absolute Gasteiger partial charge is 0.302 e. The number of nitrogens with zero attached hydrogens (tertiary/aromatic N) is 1. The van der Waals surface area contributed by atoms with Crippen LogP contribution in [0.15, 0.2) is 89.8 Å². The summed E-state index contributed by atoms with van der Waals surface area (Å²) in [5.74, 6) is 0.960. The maximum Gasteiger partial charge on any atom is 0.226 e. The standard InChI is InChI=1S/C28H28N2OS2/c1-2-10-25-27(23-18-16-22(17-19-23)21-11-5-3-6-12-21)30-28(33-25)29-26(31)15-9-20-32-24-13-7-4-8-14-24/h3-8,11-14,16-19H,2,9-10,15,20H2,1H3,(H,29,30,31). The first kappa shape index (κ1) is 23.3. The van der Waals surface area contributed by atoms with Crippen molar-refractivity contribution in [2.45, 2.75) is 37.5 Å². The van der Waals surface area contributed by atoms with Crippen molar-refractivity contribution in [2.24, 2.45) is 0 Å². The van der Waals surface area contributed by atoms with Crippen LogP contribution in [-0.4, -0.2) is 16.6 Å². The Morgan fingerprint density at radius 2 is 1.52 bits per heavy atom. The normalized spacial score (nSPS) is 10.8. The van der Waals surface area contributed by atoms with E-state index in [1.165, 1.54) is 20.9 Å². The van der Waals surface area contributed by atoms with Gasteiger partial charge in [0.05, 0.1) is 5.69 Å². The Labute approximate surface area is 204 Å². The van der Waals surface area contributed by atoms with Crippen molar-refractivity contribution >= 4 is 34.1 Å². The predicted molar refractivity (Wildman–Crippen MR) is 142 cm³/mol. The molecular formula is C28H28N2OS2. The molecule has 4 aromatic rings. The van der Waals surface area contributed by atoms with E-state index in [1.54, 1.807) is 23.1 Å². The highest BCUT2D eigenvalue weighted by Gasteiger charge is 2.14. The van der Waals surface area contributed by atoms with Crippen LogP contribution in [-0.2, 0) is 11.2 Å². The molecule has 5 heteroatoms. The number of carbonyl (C=O) groups excluding carboxylic acids is 1. The molecule has 0 spiro atoms. The zero-order valence-electron chi connectivity index (χ0n) is 18.8. The van der Waals surface area contributed by atoms with Crippen molar-refractivity contribution in [3.05, 3.63) is 89.8 Å². The summed E-state index contributed by atoms with van der Waals surface area (Å²) in [5.41, 5.74) is 4.47. The summed E-state index contributed by atoms with van der Waals surface area (Å²) in [6.07, 6.45) is 3.34. The minimum Gasteiger partial charge on any atom is -0.302 e. The van der Waals surface area contributed by atoms with E-state index >= 15 is 0 Å². The molecule has 0 radical (unpaired) electrons. The molecule has 0 bridgehead atoms. The predicted octanol–water partition coefficient (Wildman–Crippen LogP) is 7.94. The summed E-state index contributed by atoms with van der Waals surface area (Å²) in [4.78, 5) is 19.7. The minimum absolute atomic E-state index is 0.0337. The summed E-state index contributed by atoms with van der Waals surface area (Å²) >= 11 is 3.38. The van der Waals surface area contributed by atoms with Gasteiger partial charge < -0.3 is 5.32 Å². The van der Waals surface area contributed by atoms with Gasteiger partial charge in [-0.25, -0.2) is 4.98 Å². The van der Waals surface area contributed by atoms with Crippen LogP contribution >= 0.6 is 23.1 Å². The second-order valence-corrected chi connectivity index (χ2v) is 10.0. The summed E-state index contributed by atoms with van der Waals surface area (Å²) in [7, 11) is 0. The van der Waals surface area contributed by atoms with Gasteiger partial charge in [-0.1, -0.05) is 86.1 Å². The number of nitrogens with one attached hydrogen (secondary N) is 1. The van der Waals surface area contributed by atoms with Crippen LogP contribution in [0.2, 0.25) is 0 Å². The lowest BCUT2D eigenvalue weighted by Crippen LogP contribution is -2.11. The number of hydrogen-bond donors (Lipinski definition) is 1. The molecule has 0 saturated heterocycles. The van der Waals surface area contributed by atoms with Crippen LogP contribution < -0.4 is 5.32 Å². The molecule has 0 aliphatic rings. The molecule has 3 aromatic carbocycles. The average molecular weight is 473 g/mol. The summed E-state index contributed by atoms with van der Waals surface area (Å²) < 4.78 is 0. The molecule has 0 aliphatic carbocycles. The number of anilines is 1. The second-order valence-electron chi connectivity index (χ2n) is 7.80. The van der Waals surface area contributed by atoms with E-state index in [4.69, 9.17) is 4.98 Å². The van der Waals surface area contributed by atoms with E-state index in [1.807, 2.05) is 24.3 Å². The van der Waals surface area contributed by atoms with Crippen LogP contribution in [0, 0.1) is 0 Å². The molecule has 1 N–H and O–H groups in total. The summed E-state index contributed by atoms with van der Waals surface area (Å²) in [6.45, 7) is 2.17. The molecule has 33 heavy (non-hydrogen) atoms. The molecule has 168 valence electrons. The summed E-state index contributed by atoms with van der Waals surface area (Å²) in [5, 5.41) is 3.72. The molecule has 1 heterocycles. The van der Waals surface area contributed by atoms with Crippen molar-refractivity contribution < 1.29 is 4.79 Å². The van der Waals surface area contributed by atoms with E-state index in [0.29, 0.717) is 11.6 Å². The Hall–Kier alpha value is -2.89. The third-order valence-electron chi connectivity index (χ3n) is 5.25. The first-order valence-electron chi connectivity index (χ1n) is 11.4. The lowest BCUT2D eigenvalue weighted by atomic mass is 10.0. The molecule has 0 saturated carbocycles. The van der Waals surface area contributed by atoms with Gasteiger partial charge in [0.1, 0.15) is 0 Å². The molecule has 0 aliphatic heterocycles. The topological polar surface area (TPSA) is 42.0 Å². The number of rotatable bonds is 10. The summed E-state index contributed by atoms with van der Waals surface area (Å²) in [6, 6.07) is 29.2. The number of aromatic nitrogens is 1. The Morgan fingerprint density at radius 1 is 0.879 bits per heavy atom. The second kappa shape index (κ2) is 11.8. The van der Waals surface area contributed by atoms with E-state index in [0.717, 1.165) is 36.3 Å². The van der Waals surface area contributed by atoms with E-state index < -0.39 is 0 Å². The highest BCUT2D eigenvalue weighted by atomic mass is 32.2. The molecule has 1 amide bonds. The third-order valence-corrected chi connectivity index (χ3v) is 7.38. The van der Waals surface area contributed by atoms with Gasteiger partial charge in [-0.05, 0) is 41.9 Å². The molecule has 4 rings (SSSR count). The van der Waals surface area contributed by atoms with Gasteiger partial charge in [0.25, 0.3) is 0 Å². The molecule has 0 unspecified atom stereocenters. The first-order valence-corrected chi connectivity index (χ1v) is 13.2. The molecule has 0 fully saturated rings. The van der Waals surface area contributed by atoms with E-state index in [2.05, 4.69) is 72.9 Å². The Balaban J connectivity index is 1.38. The third kappa shape index (κ3) is 6.56. The van der Waals surface area contributed by atoms with Crippen LogP contribution in [0.25, 0.3) is 22.4 Å². The minimum atomic E-state index is 0.0337. The van der Waals surface area contributed by atoms with Crippen molar-refractivity contribution in [3.63, 3.8) is 0 Å². The molecule has 3 nitrogen and oxygen atoms in total. The fourth-order valence-corrected chi connectivity index (χ4v) is 5.58. The maximum atomic E-state index is 12.5. The van der Waals surface area contributed by atoms with Crippen LogP contribution in [0.1, 0.15) is 31.1 Å². The molecular weight excluding hydrogens is 444 g/mol. The lowest BCUT2D eigenvalue weighted by Gasteiger charge is -2.05. The highest BCUT2D eigenvalue weighted by Crippen LogP contribution is 2.33. The van der Waals surface area contributed by atoms with Crippen molar-refractivity contribution in [3.8, 4) is 22.4 Å². The number of benzene rings is 3.